The van der Waals surface area contributed by atoms with Crippen LogP contribution in [0, 0.1) is 11.8 Å². The fourth-order valence-corrected chi connectivity index (χ4v) is 1.43. The van der Waals surface area contributed by atoms with Gasteiger partial charge in [-0.3, -0.25) is 0 Å². The monoisotopic (exact) mass is 233 g/mol. The first-order chi connectivity index (χ1) is 8.31. The van der Waals surface area contributed by atoms with E-state index in [-0.39, 0.29) is 6.04 Å². The summed E-state index contributed by atoms with van der Waals surface area (Å²) in [5.74, 6) is 6.51. The Morgan fingerprint density at radius 2 is 2.24 bits per heavy atom. The van der Waals surface area contributed by atoms with E-state index in [4.69, 9.17) is 4.74 Å². The maximum Gasteiger partial charge on any atom is 0.233 e. The van der Waals surface area contributed by atoms with Gasteiger partial charge in [-0.1, -0.05) is 6.92 Å². The van der Waals surface area contributed by atoms with Gasteiger partial charge in [-0.2, -0.15) is 5.10 Å². The van der Waals surface area contributed by atoms with Crippen molar-refractivity contribution >= 4 is 0 Å². The number of hydrogen-bond donors (Lipinski definition) is 1. The summed E-state index contributed by atoms with van der Waals surface area (Å²) in [6.45, 7) is 4.93. The van der Waals surface area contributed by atoms with Gasteiger partial charge in [-0.05, 0) is 26.0 Å². The fourth-order valence-electron chi connectivity index (χ4n) is 1.43. The second kappa shape index (κ2) is 7.64. The van der Waals surface area contributed by atoms with Crippen LogP contribution >= 0.6 is 0 Å². The van der Waals surface area contributed by atoms with Crippen LogP contribution in [0.1, 0.15) is 38.4 Å². The minimum absolute atomic E-state index is 0.140. The van der Waals surface area contributed by atoms with Gasteiger partial charge in [0.15, 0.2) is 0 Å². The van der Waals surface area contributed by atoms with Crippen molar-refractivity contribution in [1.82, 2.24) is 15.5 Å². The normalized spacial score (nSPS) is 11.5. The second-order valence-corrected chi connectivity index (χ2v) is 3.64. The van der Waals surface area contributed by atoms with E-state index in [1.54, 1.807) is 7.11 Å². The van der Waals surface area contributed by atoms with Gasteiger partial charge in [-0.15, -0.1) is 16.9 Å². The van der Waals surface area contributed by atoms with Crippen LogP contribution in [0.5, 0.6) is 5.88 Å². The van der Waals surface area contributed by atoms with E-state index in [0.717, 1.165) is 25.1 Å². The first kappa shape index (κ1) is 13.5. The Morgan fingerprint density at radius 1 is 1.41 bits per heavy atom. The summed E-state index contributed by atoms with van der Waals surface area (Å²) in [4.78, 5) is 0. The van der Waals surface area contributed by atoms with Crippen LogP contribution in [-0.2, 0) is 0 Å². The first-order valence-corrected chi connectivity index (χ1v) is 5.82. The molecule has 0 fully saturated rings. The van der Waals surface area contributed by atoms with E-state index in [0.29, 0.717) is 5.88 Å². The standard InChI is InChI=1S/C13H19N3O/c1-4-6-7-11(14-10-5-2)12-8-9-13(17-3)16-15-12/h8-9,11,14H,5,7,10H2,1-3H3. The number of rotatable bonds is 6. The zero-order valence-electron chi connectivity index (χ0n) is 10.7. The molecule has 1 aromatic heterocycles. The van der Waals surface area contributed by atoms with Gasteiger partial charge in [0.1, 0.15) is 0 Å². The third-order valence-electron chi connectivity index (χ3n) is 2.35. The third-order valence-corrected chi connectivity index (χ3v) is 2.35. The zero-order valence-corrected chi connectivity index (χ0v) is 10.7. The van der Waals surface area contributed by atoms with Gasteiger partial charge in [0.05, 0.1) is 18.8 Å². The lowest BCUT2D eigenvalue weighted by molar-refractivity contribution is 0.389. The van der Waals surface area contributed by atoms with E-state index in [9.17, 15) is 0 Å². The minimum Gasteiger partial charge on any atom is -0.480 e. The lowest BCUT2D eigenvalue weighted by atomic mass is 10.1. The second-order valence-electron chi connectivity index (χ2n) is 3.64. The Morgan fingerprint density at radius 3 is 2.76 bits per heavy atom. The quantitative estimate of drug-likeness (QED) is 0.763. The molecule has 0 spiro atoms. The number of nitrogens with one attached hydrogen (secondary N) is 1. The summed E-state index contributed by atoms with van der Waals surface area (Å²) < 4.78 is 4.99. The fraction of sp³-hybridized carbons (Fsp3) is 0.538. The highest BCUT2D eigenvalue weighted by Crippen LogP contribution is 2.15. The highest BCUT2D eigenvalue weighted by atomic mass is 16.5. The molecule has 0 radical (unpaired) electrons. The molecule has 1 unspecified atom stereocenters. The van der Waals surface area contributed by atoms with Crippen molar-refractivity contribution in [1.29, 1.82) is 0 Å². The zero-order chi connectivity index (χ0) is 12.5. The van der Waals surface area contributed by atoms with Gasteiger partial charge < -0.3 is 10.1 Å². The molecule has 0 saturated heterocycles. The highest BCUT2D eigenvalue weighted by molar-refractivity contribution is 5.16. The molecule has 0 bridgehead atoms. The topological polar surface area (TPSA) is 47.0 Å². The summed E-state index contributed by atoms with van der Waals surface area (Å²) in [5, 5.41) is 11.5. The molecule has 92 valence electrons. The van der Waals surface area contributed by atoms with Crippen molar-refractivity contribution < 1.29 is 4.74 Å². The summed E-state index contributed by atoms with van der Waals surface area (Å²) in [5.41, 5.74) is 0.905. The Labute approximate surface area is 103 Å². The first-order valence-electron chi connectivity index (χ1n) is 5.82. The van der Waals surface area contributed by atoms with Gasteiger partial charge in [0.2, 0.25) is 5.88 Å². The Kier molecular flexibility index (Phi) is 6.05. The predicted octanol–water partition coefficient (Wildman–Crippen LogP) is 1.94. The van der Waals surface area contributed by atoms with Crippen LogP contribution in [0.15, 0.2) is 12.1 Å². The molecule has 0 aliphatic rings. The molecule has 1 atom stereocenters. The number of nitrogens with zero attached hydrogens (tertiary/aromatic N) is 2. The van der Waals surface area contributed by atoms with Crippen LogP contribution < -0.4 is 10.1 Å². The molecule has 1 heterocycles. The van der Waals surface area contributed by atoms with E-state index < -0.39 is 0 Å². The molecule has 17 heavy (non-hydrogen) atoms. The average Bonchev–Trinajstić information content (AvgIpc) is 2.39. The molecule has 0 aromatic carbocycles. The van der Waals surface area contributed by atoms with Crippen molar-refractivity contribution in [3.05, 3.63) is 17.8 Å². The van der Waals surface area contributed by atoms with Crippen LogP contribution in [0.25, 0.3) is 0 Å². The molecule has 1 N–H and O–H groups in total. The largest absolute Gasteiger partial charge is 0.480 e. The van der Waals surface area contributed by atoms with E-state index in [1.807, 2.05) is 19.1 Å². The minimum atomic E-state index is 0.140. The molecule has 1 rings (SSSR count). The highest BCUT2D eigenvalue weighted by Gasteiger charge is 2.11. The third kappa shape index (κ3) is 4.41. The van der Waals surface area contributed by atoms with Gasteiger partial charge in [-0.25, -0.2) is 0 Å². The van der Waals surface area contributed by atoms with Crippen LogP contribution in [0.2, 0.25) is 0 Å². The number of ether oxygens (including phenoxy) is 1. The molecule has 4 heteroatoms. The summed E-state index contributed by atoms with van der Waals surface area (Å²) in [6, 6.07) is 3.89. The van der Waals surface area contributed by atoms with Crippen molar-refractivity contribution in [2.45, 2.75) is 32.7 Å². The number of hydrogen-bond acceptors (Lipinski definition) is 4. The molecule has 4 nitrogen and oxygen atoms in total. The van der Waals surface area contributed by atoms with Crippen molar-refractivity contribution in [3.8, 4) is 17.7 Å². The maximum atomic E-state index is 4.99. The van der Waals surface area contributed by atoms with E-state index in [2.05, 4.69) is 34.3 Å². The summed E-state index contributed by atoms with van der Waals surface area (Å²) in [7, 11) is 1.58. The lowest BCUT2D eigenvalue weighted by Crippen LogP contribution is -2.23. The van der Waals surface area contributed by atoms with Gasteiger partial charge in [0.25, 0.3) is 0 Å². The summed E-state index contributed by atoms with van der Waals surface area (Å²) in [6.07, 6.45) is 1.83. The lowest BCUT2D eigenvalue weighted by Gasteiger charge is -2.14. The SMILES string of the molecule is CC#CCC(NCCC)c1ccc(OC)nn1. The van der Waals surface area contributed by atoms with Gasteiger partial charge in [0, 0.05) is 12.5 Å². The smallest absolute Gasteiger partial charge is 0.233 e. The maximum absolute atomic E-state index is 4.99. The van der Waals surface area contributed by atoms with Crippen molar-refractivity contribution in [3.63, 3.8) is 0 Å². The number of methoxy groups -OCH3 is 1. The molecule has 0 aliphatic carbocycles. The van der Waals surface area contributed by atoms with Crippen molar-refractivity contribution in [2.75, 3.05) is 13.7 Å². The van der Waals surface area contributed by atoms with Crippen molar-refractivity contribution in [2.24, 2.45) is 0 Å². The average molecular weight is 233 g/mol. The van der Waals surface area contributed by atoms with Crippen LogP contribution in [0.3, 0.4) is 0 Å². The number of aromatic nitrogens is 2. The van der Waals surface area contributed by atoms with Crippen LogP contribution in [-0.4, -0.2) is 23.9 Å². The molecule has 0 aliphatic heterocycles. The van der Waals surface area contributed by atoms with Gasteiger partial charge >= 0.3 is 0 Å². The molecular weight excluding hydrogens is 214 g/mol. The van der Waals surface area contributed by atoms with E-state index >= 15 is 0 Å². The molecule has 1 aromatic rings. The Bertz CT molecular complexity index is 378. The Hall–Kier alpha value is -1.60. The molecule has 0 saturated carbocycles. The van der Waals surface area contributed by atoms with Crippen LogP contribution in [0.4, 0.5) is 0 Å². The predicted molar refractivity (Wildman–Crippen MR) is 67.7 cm³/mol. The summed E-state index contributed by atoms with van der Waals surface area (Å²) >= 11 is 0. The van der Waals surface area contributed by atoms with E-state index in [1.165, 1.54) is 0 Å². The molecule has 0 amide bonds. The Balaban J connectivity index is 2.74. The molecular formula is C13H19N3O.